The van der Waals surface area contributed by atoms with Crippen molar-refractivity contribution in [3.63, 3.8) is 0 Å². The molecular weight excluding hydrogens is 214 g/mol. The van der Waals surface area contributed by atoms with Gasteiger partial charge in [-0.2, -0.15) is 0 Å². The number of hydrogen-bond donors (Lipinski definition) is 0. The Bertz CT molecular complexity index is 255. The zero-order valence-corrected chi connectivity index (χ0v) is 10.3. The van der Waals surface area contributed by atoms with Crippen LogP contribution in [0, 0.1) is 0 Å². The van der Waals surface area contributed by atoms with Crippen LogP contribution in [0.25, 0.3) is 0 Å². The number of ether oxygens (including phenoxy) is 1. The molecular formula is C11H18ClNO2. The highest BCUT2D eigenvalue weighted by atomic mass is 35.5. The summed E-state index contributed by atoms with van der Waals surface area (Å²) in [5.41, 5.74) is 0.448. The van der Waals surface area contributed by atoms with Crippen LogP contribution >= 0.6 is 11.8 Å². The summed E-state index contributed by atoms with van der Waals surface area (Å²) in [6.45, 7) is 9.29. The van der Waals surface area contributed by atoms with Gasteiger partial charge in [0.25, 0.3) is 0 Å². The van der Waals surface area contributed by atoms with Crippen molar-refractivity contribution in [1.82, 2.24) is 4.42 Å². The van der Waals surface area contributed by atoms with E-state index < -0.39 is 0 Å². The molecule has 0 radical (unpaired) electrons. The van der Waals surface area contributed by atoms with Gasteiger partial charge in [0.2, 0.25) is 0 Å². The molecule has 1 aliphatic heterocycles. The van der Waals surface area contributed by atoms with Crippen LogP contribution in [0.2, 0.25) is 0 Å². The van der Waals surface area contributed by atoms with Crippen molar-refractivity contribution in [2.45, 2.75) is 51.8 Å². The predicted molar refractivity (Wildman–Crippen MR) is 60.5 cm³/mol. The summed E-state index contributed by atoms with van der Waals surface area (Å²) in [4.78, 5) is 11.3. The quantitative estimate of drug-likeness (QED) is 0.416. The smallest absolute Gasteiger partial charge is 0.333 e. The van der Waals surface area contributed by atoms with Crippen LogP contribution in [-0.2, 0) is 9.53 Å². The number of rotatable bonds is 2. The lowest BCUT2D eigenvalue weighted by molar-refractivity contribution is -0.147. The van der Waals surface area contributed by atoms with Crippen LogP contribution in [0.4, 0.5) is 0 Å². The van der Waals surface area contributed by atoms with Crippen LogP contribution in [0.3, 0.4) is 0 Å². The van der Waals surface area contributed by atoms with Gasteiger partial charge < -0.3 is 4.74 Å². The van der Waals surface area contributed by atoms with Crippen LogP contribution in [0.1, 0.15) is 33.6 Å². The average Bonchev–Trinajstić information content (AvgIpc) is 2.13. The minimum Gasteiger partial charge on any atom is -0.459 e. The fourth-order valence-electron chi connectivity index (χ4n) is 1.84. The number of hydrogen-bond acceptors (Lipinski definition) is 3. The van der Waals surface area contributed by atoms with E-state index in [1.165, 1.54) is 0 Å². The summed E-state index contributed by atoms with van der Waals surface area (Å²) in [6, 6.07) is 0.469. The normalized spacial score (nSPS) is 32.4. The Morgan fingerprint density at radius 3 is 2.27 bits per heavy atom. The van der Waals surface area contributed by atoms with Crippen molar-refractivity contribution in [2.24, 2.45) is 0 Å². The Kier molecular flexibility index (Phi) is 4.17. The van der Waals surface area contributed by atoms with Gasteiger partial charge in [0.15, 0.2) is 0 Å². The monoisotopic (exact) mass is 231 g/mol. The first-order valence-corrected chi connectivity index (χ1v) is 5.56. The standard InChI is InChI=1S/C11H18ClNO2/c1-7(2)11(14)15-10-5-8(3)13(12)9(4)6-10/h8-10H,1,5-6H2,2-4H3. The van der Waals surface area contributed by atoms with Crippen LogP contribution in [0.5, 0.6) is 0 Å². The van der Waals surface area contributed by atoms with E-state index in [2.05, 4.69) is 6.58 Å². The second-order valence-corrected chi connectivity index (χ2v) is 4.71. The number of esters is 1. The maximum absolute atomic E-state index is 11.3. The number of nitrogens with zero attached hydrogens (tertiary/aromatic N) is 1. The lowest BCUT2D eigenvalue weighted by atomic mass is 9.97. The first kappa shape index (κ1) is 12.5. The number of carbonyl (C=O) groups is 1. The fourth-order valence-corrected chi connectivity index (χ4v) is 2.00. The lowest BCUT2D eigenvalue weighted by Gasteiger charge is -2.37. The van der Waals surface area contributed by atoms with Crippen molar-refractivity contribution < 1.29 is 9.53 Å². The molecule has 0 bridgehead atoms. The minimum atomic E-state index is -0.303. The molecule has 1 rings (SSSR count). The Balaban J connectivity index is 2.51. The second kappa shape index (κ2) is 4.99. The summed E-state index contributed by atoms with van der Waals surface area (Å²) in [6.07, 6.45) is 1.54. The van der Waals surface area contributed by atoms with Gasteiger partial charge in [0.05, 0.1) is 0 Å². The van der Waals surface area contributed by atoms with Crippen molar-refractivity contribution >= 4 is 17.7 Å². The van der Waals surface area contributed by atoms with E-state index in [4.69, 9.17) is 16.5 Å². The molecule has 0 saturated carbocycles. The molecule has 1 saturated heterocycles. The Morgan fingerprint density at radius 2 is 1.87 bits per heavy atom. The highest BCUT2D eigenvalue weighted by Crippen LogP contribution is 2.26. The molecule has 2 atom stereocenters. The van der Waals surface area contributed by atoms with E-state index in [1.54, 1.807) is 11.3 Å². The molecule has 0 aromatic heterocycles. The number of carbonyl (C=O) groups excluding carboxylic acids is 1. The van der Waals surface area contributed by atoms with E-state index in [-0.39, 0.29) is 24.2 Å². The molecule has 0 amide bonds. The number of halogens is 1. The predicted octanol–water partition coefficient (Wildman–Crippen LogP) is 2.50. The zero-order chi connectivity index (χ0) is 11.6. The molecule has 1 aliphatic rings. The van der Waals surface area contributed by atoms with E-state index in [9.17, 15) is 4.79 Å². The van der Waals surface area contributed by atoms with Crippen molar-refractivity contribution in [3.05, 3.63) is 12.2 Å². The fraction of sp³-hybridized carbons (Fsp3) is 0.727. The minimum absolute atomic E-state index is 0.0331. The summed E-state index contributed by atoms with van der Waals surface area (Å²) in [7, 11) is 0. The van der Waals surface area contributed by atoms with Gasteiger partial charge >= 0.3 is 5.97 Å². The van der Waals surface area contributed by atoms with E-state index in [0.29, 0.717) is 5.57 Å². The first-order valence-electron chi connectivity index (χ1n) is 5.22. The Hall–Kier alpha value is -0.540. The molecule has 0 spiro atoms. The largest absolute Gasteiger partial charge is 0.459 e. The topological polar surface area (TPSA) is 29.5 Å². The summed E-state index contributed by atoms with van der Waals surface area (Å²) < 4.78 is 7.11. The molecule has 4 heteroatoms. The third kappa shape index (κ3) is 3.21. The SMILES string of the molecule is C=C(C)C(=O)OC1CC(C)N(Cl)C(C)C1. The second-order valence-electron chi connectivity index (χ2n) is 4.32. The van der Waals surface area contributed by atoms with Crippen LogP contribution < -0.4 is 0 Å². The molecule has 3 nitrogen and oxygen atoms in total. The van der Waals surface area contributed by atoms with Crippen LogP contribution in [0.15, 0.2) is 12.2 Å². The molecule has 0 aromatic rings. The van der Waals surface area contributed by atoms with E-state index in [0.717, 1.165) is 12.8 Å². The molecule has 1 fully saturated rings. The van der Waals surface area contributed by atoms with E-state index >= 15 is 0 Å². The van der Waals surface area contributed by atoms with Gasteiger partial charge in [-0.05, 0) is 32.5 Å². The van der Waals surface area contributed by atoms with E-state index in [1.807, 2.05) is 13.8 Å². The number of piperidine rings is 1. The molecule has 15 heavy (non-hydrogen) atoms. The summed E-state index contributed by atoms with van der Waals surface area (Å²) in [5.74, 6) is -0.303. The van der Waals surface area contributed by atoms with Crippen molar-refractivity contribution in [2.75, 3.05) is 0 Å². The molecule has 2 unspecified atom stereocenters. The van der Waals surface area contributed by atoms with Gasteiger partial charge in [-0.15, -0.1) is 0 Å². The Morgan fingerprint density at radius 1 is 1.40 bits per heavy atom. The van der Waals surface area contributed by atoms with Gasteiger partial charge in [0, 0.05) is 30.5 Å². The highest BCUT2D eigenvalue weighted by Gasteiger charge is 2.31. The maximum Gasteiger partial charge on any atom is 0.333 e. The third-order valence-electron chi connectivity index (χ3n) is 2.67. The lowest BCUT2D eigenvalue weighted by Crippen LogP contribution is -2.44. The Labute approximate surface area is 96.1 Å². The van der Waals surface area contributed by atoms with Crippen LogP contribution in [-0.4, -0.2) is 28.6 Å². The molecule has 1 heterocycles. The van der Waals surface area contributed by atoms with Crippen molar-refractivity contribution in [1.29, 1.82) is 0 Å². The molecule has 0 aliphatic carbocycles. The highest BCUT2D eigenvalue weighted by molar-refractivity contribution is 6.13. The summed E-state index contributed by atoms with van der Waals surface area (Å²) >= 11 is 6.06. The van der Waals surface area contributed by atoms with Gasteiger partial charge in [-0.1, -0.05) is 6.58 Å². The summed E-state index contributed by atoms with van der Waals surface area (Å²) in [5, 5.41) is 0. The third-order valence-corrected chi connectivity index (χ3v) is 3.34. The first-order chi connectivity index (χ1) is 6.91. The molecule has 86 valence electrons. The van der Waals surface area contributed by atoms with Crippen molar-refractivity contribution in [3.8, 4) is 0 Å². The van der Waals surface area contributed by atoms with Gasteiger partial charge in [-0.3, -0.25) is 0 Å². The molecule has 0 N–H and O–H groups in total. The molecule has 0 aromatic carbocycles. The van der Waals surface area contributed by atoms with Gasteiger partial charge in [-0.25, -0.2) is 9.21 Å². The average molecular weight is 232 g/mol. The van der Waals surface area contributed by atoms with Gasteiger partial charge in [0.1, 0.15) is 6.10 Å². The zero-order valence-electron chi connectivity index (χ0n) is 9.50. The maximum atomic E-state index is 11.3.